The highest BCUT2D eigenvalue weighted by Gasteiger charge is 2.11. The third-order valence-electron chi connectivity index (χ3n) is 3.47. The SMILES string of the molecule is Cc1cc(C)cc(Nc2nc(NCCO)c3cnn(C)c3n2)c1. The van der Waals surface area contributed by atoms with Crippen LogP contribution in [-0.2, 0) is 7.05 Å². The van der Waals surface area contributed by atoms with Gasteiger partial charge in [-0.05, 0) is 37.1 Å². The molecule has 0 radical (unpaired) electrons. The molecule has 0 saturated heterocycles. The lowest BCUT2D eigenvalue weighted by Gasteiger charge is -2.10. The van der Waals surface area contributed by atoms with Crippen LogP contribution in [0.25, 0.3) is 11.0 Å². The van der Waals surface area contributed by atoms with Gasteiger partial charge in [0, 0.05) is 19.3 Å². The molecular weight excluding hydrogens is 292 g/mol. The Hall–Kier alpha value is -2.67. The van der Waals surface area contributed by atoms with E-state index >= 15 is 0 Å². The fourth-order valence-corrected chi connectivity index (χ4v) is 2.56. The van der Waals surface area contributed by atoms with Gasteiger partial charge in [0.25, 0.3) is 0 Å². The van der Waals surface area contributed by atoms with E-state index in [9.17, 15) is 0 Å². The first-order valence-electron chi connectivity index (χ1n) is 7.46. The standard InChI is InChI=1S/C16H20N6O/c1-10-6-11(2)8-12(7-10)19-16-20-14(17-4-5-23)13-9-18-22(3)15(13)21-16/h6-9,23H,4-5H2,1-3H3,(H2,17,19,20,21). The molecular formula is C16H20N6O. The van der Waals surface area contributed by atoms with Crippen LogP contribution in [0.15, 0.2) is 24.4 Å². The summed E-state index contributed by atoms with van der Waals surface area (Å²) in [7, 11) is 1.84. The van der Waals surface area contributed by atoms with Crippen LogP contribution in [0.5, 0.6) is 0 Å². The number of nitrogens with one attached hydrogen (secondary N) is 2. The molecule has 120 valence electrons. The smallest absolute Gasteiger partial charge is 0.231 e. The molecule has 2 heterocycles. The highest BCUT2D eigenvalue weighted by Crippen LogP contribution is 2.24. The number of aromatic nitrogens is 4. The van der Waals surface area contributed by atoms with Crippen molar-refractivity contribution < 1.29 is 5.11 Å². The zero-order valence-corrected chi connectivity index (χ0v) is 13.5. The monoisotopic (exact) mass is 312 g/mol. The summed E-state index contributed by atoms with van der Waals surface area (Å²) in [6.45, 7) is 4.56. The van der Waals surface area contributed by atoms with Gasteiger partial charge in [0.15, 0.2) is 5.65 Å². The zero-order chi connectivity index (χ0) is 16.4. The van der Waals surface area contributed by atoms with Gasteiger partial charge < -0.3 is 15.7 Å². The third-order valence-corrected chi connectivity index (χ3v) is 3.47. The first kappa shape index (κ1) is 15.2. The van der Waals surface area contributed by atoms with Gasteiger partial charge in [-0.1, -0.05) is 6.07 Å². The van der Waals surface area contributed by atoms with Crippen molar-refractivity contribution in [2.75, 3.05) is 23.8 Å². The molecule has 3 aromatic rings. The summed E-state index contributed by atoms with van der Waals surface area (Å²) >= 11 is 0. The molecule has 0 atom stereocenters. The van der Waals surface area contributed by atoms with E-state index in [0.29, 0.717) is 18.3 Å². The highest BCUT2D eigenvalue weighted by atomic mass is 16.3. The van der Waals surface area contributed by atoms with Crippen LogP contribution in [0.3, 0.4) is 0 Å². The van der Waals surface area contributed by atoms with E-state index in [-0.39, 0.29) is 6.61 Å². The van der Waals surface area contributed by atoms with Crippen molar-refractivity contribution in [3.63, 3.8) is 0 Å². The lowest BCUT2D eigenvalue weighted by atomic mass is 10.1. The second kappa shape index (κ2) is 6.21. The molecule has 0 aliphatic rings. The second-order valence-corrected chi connectivity index (χ2v) is 5.55. The molecule has 0 bridgehead atoms. The number of fused-ring (bicyclic) bond motifs is 1. The molecule has 0 spiro atoms. The van der Waals surface area contributed by atoms with Gasteiger partial charge in [-0.25, -0.2) is 0 Å². The van der Waals surface area contributed by atoms with Gasteiger partial charge in [-0.2, -0.15) is 15.1 Å². The van der Waals surface area contributed by atoms with E-state index in [1.807, 2.05) is 19.2 Å². The number of anilines is 3. The van der Waals surface area contributed by atoms with Gasteiger partial charge in [0.2, 0.25) is 5.95 Å². The quantitative estimate of drug-likeness (QED) is 0.669. The average molecular weight is 312 g/mol. The minimum Gasteiger partial charge on any atom is -0.395 e. The molecule has 7 nitrogen and oxygen atoms in total. The lowest BCUT2D eigenvalue weighted by molar-refractivity contribution is 0.311. The van der Waals surface area contributed by atoms with Gasteiger partial charge >= 0.3 is 0 Å². The Kier molecular flexibility index (Phi) is 4.12. The van der Waals surface area contributed by atoms with Crippen molar-refractivity contribution in [2.45, 2.75) is 13.8 Å². The molecule has 0 saturated carbocycles. The van der Waals surface area contributed by atoms with Gasteiger partial charge in [-0.15, -0.1) is 0 Å². The van der Waals surface area contributed by atoms with Gasteiger partial charge in [0.1, 0.15) is 5.82 Å². The number of aliphatic hydroxyl groups excluding tert-OH is 1. The number of rotatable bonds is 5. The molecule has 2 aromatic heterocycles. The summed E-state index contributed by atoms with van der Waals surface area (Å²) in [6.07, 6.45) is 1.72. The molecule has 3 rings (SSSR count). The van der Waals surface area contributed by atoms with Crippen molar-refractivity contribution >= 4 is 28.5 Å². The van der Waals surface area contributed by atoms with Crippen molar-refractivity contribution in [3.8, 4) is 0 Å². The fraction of sp³-hybridized carbons (Fsp3) is 0.312. The Bertz CT molecular complexity index is 822. The number of hydrogen-bond donors (Lipinski definition) is 3. The van der Waals surface area contributed by atoms with Crippen LogP contribution in [0, 0.1) is 13.8 Å². The minimum absolute atomic E-state index is 0.0333. The summed E-state index contributed by atoms with van der Waals surface area (Å²) in [5, 5.41) is 20.4. The molecule has 7 heteroatoms. The van der Waals surface area contributed by atoms with Crippen molar-refractivity contribution in [1.29, 1.82) is 0 Å². The second-order valence-electron chi connectivity index (χ2n) is 5.55. The maximum absolute atomic E-state index is 9.03. The Morgan fingerprint density at radius 1 is 1.13 bits per heavy atom. The van der Waals surface area contributed by atoms with Crippen LogP contribution < -0.4 is 10.6 Å². The summed E-state index contributed by atoms with van der Waals surface area (Å²) in [4.78, 5) is 9.04. The third kappa shape index (κ3) is 3.24. The molecule has 0 aliphatic heterocycles. The summed E-state index contributed by atoms with van der Waals surface area (Å²) < 4.78 is 1.70. The lowest BCUT2D eigenvalue weighted by Crippen LogP contribution is -2.09. The highest BCUT2D eigenvalue weighted by molar-refractivity contribution is 5.87. The number of nitrogens with zero attached hydrogens (tertiary/aromatic N) is 4. The number of aliphatic hydroxyl groups is 1. The van der Waals surface area contributed by atoms with Crippen molar-refractivity contribution in [1.82, 2.24) is 19.7 Å². The Morgan fingerprint density at radius 3 is 2.57 bits per heavy atom. The summed E-state index contributed by atoms with van der Waals surface area (Å²) in [5.41, 5.74) is 4.02. The van der Waals surface area contributed by atoms with E-state index in [1.54, 1.807) is 10.9 Å². The van der Waals surface area contributed by atoms with Crippen LogP contribution in [0.2, 0.25) is 0 Å². The van der Waals surface area contributed by atoms with Gasteiger partial charge in [-0.3, -0.25) is 4.68 Å². The predicted octanol–water partition coefficient (Wildman–Crippen LogP) is 2.13. The largest absolute Gasteiger partial charge is 0.395 e. The first-order valence-corrected chi connectivity index (χ1v) is 7.46. The average Bonchev–Trinajstić information content (AvgIpc) is 2.85. The normalized spacial score (nSPS) is 11.0. The molecule has 1 aromatic carbocycles. The Morgan fingerprint density at radius 2 is 1.87 bits per heavy atom. The topological polar surface area (TPSA) is 87.9 Å². The van der Waals surface area contributed by atoms with Crippen LogP contribution in [0.4, 0.5) is 17.5 Å². The zero-order valence-electron chi connectivity index (χ0n) is 13.5. The molecule has 0 amide bonds. The summed E-state index contributed by atoms with van der Waals surface area (Å²) in [5.74, 6) is 1.15. The van der Waals surface area contributed by atoms with E-state index in [4.69, 9.17) is 5.11 Å². The minimum atomic E-state index is 0.0333. The van der Waals surface area contributed by atoms with Crippen molar-refractivity contribution in [3.05, 3.63) is 35.5 Å². The van der Waals surface area contributed by atoms with Crippen LogP contribution in [-0.4, -0.2) is 38.0 Å². The molecule has 0 aliphatic carbocycles. The molecule has 23 heavy (non-hydrogen) atoms. The number of benzene rings is 1. The fourth-order valence-electron chi connectivity index (χ4n) is 2.56. The van der Waals surface area contributed by atoms with Gasteiger partial charge in [0.05, 0.1) is 18.2 Å². The van der Waals surface area contributed by atoms with E-state index in [2.05, 4.69) is 45.6 Å². The number of aryl methyl sites for hydroxylation is 3. The summed E-state index contributed by atoms with van der Waals surface area (Å²) in [6, 6.07) is 6.21. The Balaban J connectivity index is 2.01. The molecule has 0 unspecified atom stereocenters. The Labute approximate surface area is 134 Å². The molecule has 0 fully saturated rings. The number of hydrogen-bond acceptors (Lipinski definition) is 6. The molecule has 3 N–H and O–H groups in total. The maximum Gasteiger partial charge on any atom is 0.231 e. The van der Waals surface area contributed by atoms with E-state index in [1.165, 1.54) is 11.1 Å². The van der Waals surface area contributed by atoms with E-state index in [0.717, 1.165) is 16.7 Å². The van der Waals surface area contributed by atoms with E-state index < -0.39 is 0 Å². The predicted molar refractivity (Wildman–Crippen MR) is 91.1 cm³/mol. The van der Waals surface area contributed by atoms with Crippen molar-refractivity contribution in [2.24, 2.45) is 7.05 Å². The van der Waals surface area contributed by atoms with Crippen LogP contribution >= 0.6 is 0 Å². The first-order chi connectivity index (χ1) is 11.1. The maximum atomic E-state index is 9.03. The van der Waals surface area contributed by atoms with Crippen LogP contribution in [0.1, 0.15) is 11.1 Å².